The van der Waals surface area contributed by atoms with E-state index >= 15 is 0 Å². The van der Waals surface area contributed by atoms with Crippen LogP contribution in [0.1, 0.15) is 51.3 Å². The third kappa shape index (κ3) is 7.46. The Morgan fingerprint density at radius 1 is 0.897 bits per heavy atom. The number of para-hydroxylation sites is 1. The quantitative estimate of drug-likeness (QED) is 0.553. The molecule has 2 aromatic carbocycles. The summed E-state index contributed by atoms with van der Waals surface area (Å²) < 4.78 is 11.8. The van der Waals surface area contributed by atoms with Crippen molar-refractivity contribution in [3.8, 4) is 5.75 Å². The van der Waals surface area contributed by atoms with Crippen molar-refractivity contribution in [3.63, 3.8) is 0 Å². The predicted molar refractivity (Wildman–Crippen MR) is 119 cm³/mol. The van der Waals surface area contributed by atoms with Gasteiger partial charge >= 0.3 is 0 Å². The van der Waals surface area contributed by atoms with Crippen LogP contribution in [0, 0.1) is 0 Å². The van der Waals surface area contributed by atoms with Crippen molar-refractivity contribution >= 4 is 0 Å². The van der Waals surface area contributed by atoms with E-state index in [2.05, 4.69) is 62.9 Å². The van der Waals surface area contributed by atoms with Gasteiger partial charge in [-0.25, -0.2) is 0 Å². The zero-order valence-corrected chi connectivity index (χ0v) is 18.5. The third-order valence-corrected chi connectivity index (χ3v) is 5.27. The summed E-state index contributed by atoms with van der Waals surface area (Å²) in [6, 6.07) is 19.2. The summed E-state index contributed by atoms with van der Waals surface area (Å²) >= 11 is 0. The fraction of sp³-hybridized carbons (Fsp3) is 0.520. The Labute approximate surface area is 176 Å². The van der Waals surface area contributed by atoms with Crippen LogP contribution in [0.5, 0.6) is 5.75 Å². The van der Waals surface area contributed by atoms with Crippen molar-refractivity contribution in [2.75, 3.05) is 20.3 Å². The number of rotatable bonds is 12. The average Bonchev–Trinajstić information content (AvgIpc) is 2.72. The molecule has 0 saturated carbocycles. The average molecular weight is 400 g/mol. The normalized spacial score (nSPS) is 13.8. The summed E-state index contributed by atoms with van der Waals surface area (Å²) in [5.41, 5.74) is 2.33. The van der Waals surface area contributed by atoms with Gasteiger partial charge in [-0.3, -0.25) is 4.90 Å². The van der Waals surface area contributed by atoms with E-state index in [4.69, 9.17) is 9.47 Å². The molecule has 0 aliphatic rings. The molecule has 0 aliphatic heterocycles. The minimum atomic E-state index is -0.543. The van der Waals surface area contributed by atoms with Crippen molar-refractivity contribution in [2.45, 2.75) is 64.8 Å². The maximum Gasteiger partial charge on any atom is 0.125 e. The van der Waals surface area contributed by atoms with E-state index in [1.807, 2.05) is 24.3 Å². The zero-order valence-electron chi connectivity index (χ0n) is 18.5. The lowest BCUT2D eigenvalue weighted by molar-refractivity contribution is 0.0422. The Balaban J connectivity index is 1.99. The first-order chi connectivity index (χ1) is 13.9. The van der Waals surface area contributed by atoms with E-state index in [1.54, 1.807) is 7.11 Å². The Morgan fingerprint density at radius 3 is 2.14 bits per heavy atom. The number of aryl methyl sites for hydroxylation is 1. The molecule has 0 bridgehead atoms. The monoisotopic (exact) mass is 399 g/mol. The van der Waals surface area contributed by atoms with E-state index in [1.165, 1.54) is 5.56 Å². The van der Waals surface area contributed by atoms with Gasteiger partial charge < -0.3 is 14.6 Å². The lowest BCUT2D eigenvalue weighted by Crippen LogP contribution is -2.43. The third-order valence-electron chi connectivity index (χ3n) is 5.27. The van der Waals surface area contributed by atoms with Gasteiger partial charge in [0.1, 0.15) is 18.5 Å². The van der Waals surface area contributed by atoms with Crippen LogP contribution in [-0.2, 0) is 11.2 Å². The van der Waals surface area contributed by atoms with Crippen LogP contribution in [0.15, 0.2) is 54.6 Å². The second-order valence-electron chi connectivity index (χ2n) is 8.14. The van der Waals surface area contributed by atoms with Crippen molar-refractivity contribution in [2.24, 2.45) is 0 Å². The molecular formula is C25H37NO3. The van der Waals surface area contributed by atoms with E-state index in [0.29, 0.717) is 18.6 Å². The maximum atomic E-state index is 10.5. The molecule has 0 aromatic heterocycles. The minimum absolute atomic E-state index is 0.0497. The van der Waals surface area contributed by atoms with Crippen LogP contribution >= 0.6 is 0 Å². The topological polar surface area (TPSA) is 41.9 Å². The first kappa shape index (κ1) is 23.4. The molecule has 2 atom stereocenters. The highest BCUT2D eigenvalue weighted by Gasteiger charge is 2.20. The Morgan fingerprint density at radius 2 is 1.52 bits per heavy atom. The number of hydrogen-bond acceptors (Lipinski definition) is 4. The SMILES string of the molecule is CO[C@H](CCc1ccccc1)c1ccccc1OC[C@H](O)CN(C(C)C)C(C)C. The van der Waals surface area contributed by atoms with Crippen LogP contribution in [0.3, 0.4) is 0 Å². The Hall–Kier alpha value is -1.88. The van der Waals surface area contributed by atoms with Crippen LogP contribution in [-0.4, -0.2) is 48.5 Å². The van der Waals surface area contributed by atoms with E-state index in [9.17, 15) is 5.11 Å². The second kappa shape index (κ2) is 12.0. The number of benzene rings is 2. The molecule has 0 amide bonds. The Kier molecular flexibility index (Phi) is 9.65. The molecule has 160 valence electrons. The molecular weight excluding hydrogens is 362 g/mol. The second-order valence-corrected chi connectivity index (χ2v) is 8.14. The van der Waals surface area contributed by atoms with Crippen molar-refractivity contribution in [1.29, 1.82) is 0 Å². The van der Waals surface area contributed by atoms with Crippen LogP contribution in [0.2, 0.25) is 0 Å². The molecule has 2 aromatic rings. The van der Waals surface area contributed by atoms with Gasteiger partial charge in [0.05, 0.1) is 6.10 Å². The molecule has 0 spiro atoms. The Bertz CT molecular complexity index is 694. The van der Waals surface area contributed by atoms with E-state index < -0.39 is 6.10 Å². The van der Waals surface area contributed by atoms with Gasteiger partial charge in [0.15, 0.2) is 0 Å². The molecule has 29 heavy (non-hydrogen) atoms. The van der Waals surface area contributed by atoms with Crippen molar-refractivity contribution in [3.05, 3.63) is 65.7 Å². The van der Waals surface area contributed by atoms with Gasteiger partial charge in [0, 0.05) is 31.3 Å². The molecule has 0 heterocycles. The van der Waals surface area contributed by atoms with E-state index in [0.717, 1.165) is 24.2 Å². The summed E-state index contributed by atoms with van der Waals surface area (Å²) in [7, 11) is 1.74. The lowest BCUT2D eigenvalue weighted by Gasteiger charge is -2.32. The van der Waals surface area contributed by atoms with Crippen LogP contribution in [0.4, 0.5) is 0 Å². The fourth-order valence-electron chi connectivity index (χ4n) is 3.72. The van der Waals surface area contributed by atoms with Gasteiger partial charge in [-0.2, -0.15) is 0 Å². The number of aliphatic hydroxyl groups is 1. The molecule has 4 heteroatoms. The molecule has 0 radical (unpaired) electrons. The molecule has 0 unspecified atom stereocenters. The van der Waals surface area contributed by atoms with Gasteiger partial charge in [-0.15, -0.1) is 0 Å². The highest BCUT2D eigenvalue weighted by molar-refractivity contribution is 5.35. The lowest BCUT2D eigenvalue weighted by atomic mass is 10.0. The van der Waals surface area contributed by atoms with Gasteiger partial charge in [-0.1, -0.05) is 48.5 Å². The standard InChI is InChI=1S/C25H37NO3/c1-19(2)26(20(3)4)17-22(27)18-29-25-14-10-9-13-23(25)24(28-5)16-15-21-11-7-6-8-12-21/h6-14,19-20,22,24,27H,15-18H2,1-5H3/t22-,24-/m1/s1. The molecule has 0 saturated heterocycles. The predicted octanol–water partition coefficient (Wildman–Crippen LogP) is 4.87. The summed E-state index contributed by atoms with van der Waals surface area (Å²) in [5.74, 6) is 0.784. The largest absolute Gasteiger partial charge is 0.490 e. The highest BCUT2D eigenvalue weighted by Crippen LogP contribution is 2.30. The minimum Gasteiger partial charge on any atom is -0.490 e. The number of nitrogens with zero attached hydrogens (tertiary/aromatic N) is 1. The molecule has 2 rings (SSSR count). The summed E-state index contributed by atoms with van der Waals surface area (Å²) in [6.45, 7) is 9.47. The van der Waals surface area contributed by atoms with Crippen LogP contribution < -0.4 is 4.74 Å². The summed E-state index contributed by atoms with van der Waals surface area (Å²) in [6.07, 6.45) is 1.22. The van der Waals surface area contributed by atoms with Gasteiger partial charge in [-0.05, 0) is 52.2 Å². The number of aliphatic hydroxyl groups excluding tert-OH is 1. The highest BCUT2D eigenvalue weighted by atomic mass is 16.5. The van der Waals surface area contributed by atoms with Crippen LogP contribution in [0.25, 0.3) is 0 Å². The number of hydrogen-bond donors (Lipinski definition) is 1. The molecule has 1 N–H and O–H groups in total. The summed E-state index contributed by atoms with van der Waals surface area (Å²) in [4.78, 5) is 2.28. The zero-order chi connectivity index (χ0) is 21.2. The van der Waals surface area contributed by atoms with Gasteiger partial charge in [0.2, 0.25) is 0 Å². The number of ether oxygens (including phenoxy) is 2. The summed E-state index contributed by atoms with van der Waals surface area (Å²) in [5, 5.41) is 10.5. The van der Waals surface area contributed by atoms with E-state index in [-0.39, 0.29) is 12.7 Å². The maximum absolute atomic E-state index is 10.5. The fourth-order valence-corrected chi connectivity index (χ4v) is 3.72. The first-order valence-corrected chi connectivity index (χ1v) is 10.6. The van der Waals surface area contributed by atoms with Crippen molar-refractivity contribution < 1.29 is 14.6 Å². The molecule has 4 nitrogen and oxygen atoms in total. The molecule has 0 fully saturated rings. The number of methoxy groups -OCH3 is 1. The smallest absolute Gasteiger partial charge is 0.125 e. The first-order valence-electron chi connectivity index (χ1n) is 10.6. The van der Waals surface area contributed by atoms with Crippen molar-refractivity contribution in [1.82, 2.24) is 4.90 Å². The van der Waals surface area contributed by atoms with Gasteiger partial charge in [0.25, 0.3) is 0 Å². The molecule has 0 aliphatic carbocycles.